The van der Waals surface area contributed by atoms with E-state index in [0.29, 0.717) is 38.5 Å². The summed E-state index contributed by atoms with van der Waals surface area (Å²) in [5, 5.41) is 42.2. The summed E-state index contributed by atoms with van der Waals surface area (Å²) >= 11 is 0.149. The third-order valence-electron chi connectivity index (χ3n) is 7.76. The van der Waals surface area contributed by atoms with Crippen LogP contribution in [0.3, 0.4) is 0 Å². The molecule has 0 heterocycles. The summed E-state index contributed by atoms with van der Waals surface area (Å²) in [6.07, 6.45) is 21.8. The first-order chi connectivity index (χ1) is 21.6. The van der Waals surface area contributed by atoms with Crippen LogP contribution in [0.15, 0.2) is 0 Å². The number of carbonyl (C=O) groups excluding carboxylic acids is 4. The third-order valence-corrected chi connectivity index (χ3v) is 11.8. The molecule has 0 aromatic carbocycles. The molecular weight excluding hydrogens is 679 g/mol. The predicted octanol–water partition coefficient (Wildman–Crippen LogP) is 5.17. The molecule has 0 spiro atoms. The summed E-state index contributed by atoms with van der Waals surface area (Å²) in [4.78, 5) is 42.2. The van der Waals surface area contributed by atoms with Gasteiger partial charge in [-0.25, -0.2) is 0 Å². The zero-order valence-corrected chi connectivity index (χ0v) is 32.2. The molecule has 9 heteroatoms. The molecule has 0 aromatic rings. The molecule has 0 N–H and O–H groups in total. The molecule has 0 amide bonds. The van der Waals surface area contributed by atoms with E-state index in [1.807, 2.05) is 0 Å². The Hall–Kier alpha value is -1.32. The minimum absolute atomic E-state index is 0.0692. The first-order valence-electron chi connectivity index (χ1n) is 18.1. The van der Waals surface area contributed by atoms with Gasteiger partial charge in [0.15, 0.2) is 0 Å². The summed E-state index contributed by atoms with van der Waals surface area (Å²) in [6.45, 7) is 8.89. The van der Waals surface area contributed by atoms with Gasteiger partial charge in [0.1, 0.15) is 0 Å². The number of aliphatic carboxylic acids is 4. The topological polar surface area (TPSA) is 161 Å². The quantitative estimate of drug-likeness (QED) is 0.0719. The molecule has 0 aliphatic heterocycles. The number of carboxylic acid groups (broad SMARTS) is 4. The van der Waals surface area contributed by atoms with Crippen molar-refractivity contribution in [2.45, 2.75) is 191 Å². The molecule has 0 aliphatic carbocycles. The molecule has 0 aliphatic rings. The Kier molecular flexibility index (Phi) is 41.5. The van der Waals surface area contributed by atoms with E-state index >= 15 is 0 Å². The maximum atomic E-state index is 10.9. The number of hydrogen-bond donors (Lipinski definition) is 0. The van der Waals surface area contributed by atoms with Crippen LogP contribution in [-0.2, 0) is 19.2 Å². The second kappa shape index (κ2) is 38.9. The van der Waals surface area contributed by atoms with Gasteiger partial charge in [-0.05, 0) is 63.2 Å². The van der Waals surface area contributed by atoms with E-state index < -0.39 is 35.7 Å². The molecule has 6 radical (unpaired) electrons. The van der Waals surface area contributed by atoms with Gasteiger partial charge < -0.3 is 39.6 Å². The number of rotatable bonds is 30. The van der Waals surface area contributed by atoms with E-state index in [-0.39, 0.29) is 34.0 Å². The molecule has 0 fully saturated rings. The van der Waals surface area contributed by atoms with Gasteiger partial charge >= 0.3 is 69.5 Å². The molecule has 262 valence electrons. The van der Waals surface area contributed by atoms with E-state index in [4.69, 9.17) is 0 Å². The van der Waals surface area contributed by atoms with E-state index in [0.717, 1.165) is 38.5 Å². The number of hydrogen-bond acceptors (Lipinski definition) is 8. The molecule has 2 atom stereocenters. The van der Waals surface area contributed by atoms with Gasteiger partial charge in [0.05, 0.1) is 0 Å². The summed E-state index contributed by atoms with van der Waals surface area (Å²) in [5.74, 6) is -5.35. The van der Waals surface area contributed by atoms with Crippen LogP contribution < -0.4 is 20.4 Å². The Balaban J connectivity index is -0.000000622. The van der Waals surface area contributed by atoms with Crippen molar-refractivity contribution in [2.75, 3.05) is 0 Å². The van der Waals surface area contributed by atoms with Crippen molar-refractivity contribution in [3.8, 4) is 0 Å². The fourth-order valence-electron chi connectivity index (χ4n) is 4.82. The average Bonchev–Trinajstić information content (AvgIpc) is 2.98. The summed E-state index contributed by atoms with van der Waals surface area (Å²) in [7, 11) is 0. The van der Waals surface area contributed by atoms with Gasteiger partial charge in [-0.1, -0.05) is 90.9 Å². The Morgan fingerprint density at radius 3 is 1.00 bits per heavy atom. The number of unbranched alkanes of at least 4 members (excludes halogenated alkanes) is 12. The first-order valence-corrected chi connectivity index (χ1v) is 22.1. The summed E-state index contributed by atoms with van der Waals surface area (Å²) in [6, 6.07) is 0. The maximum absolute atomic E-state index is 10.9. The average molecular weight is 746 g/mol. The second-order valence-corrected chi connectivity index (χ2v) is 16.4. The molecular formula is C36H66O8Sn. The third kappa shape index (κ3) is 42.7. The van der Waals surface area contributed by atoms with Gasteiger partial charge in [0.25, 0.3) is 0 Å². The van der Waals surface area contributed by atoms with Crippen molar-refractivity contribution in [2.24, 2.45) is 11.8 Å². The van der Waals surface area contributed by atoms with Crippen molar-refractivity contribution in [3.63, 3.8) is 0 Å². The fraction of sp³-hybridized carbons (Fsp3) is 0.889. The van der Waals surface area contributed by atoms with E-state index in [1.54, 1.807) is 8.87 Å². The second-order valence-electron chi connectivity index (χ2n) is 12.1. The Labute approximate surface area is 286 Å². The molecule has 0 saturated heterocycles. The Morgan fingerprint density at radius 2 is 0.711 bits per heavy atom. The first kappa shape index (κ1) is 48.1. The van der Waals surface area contributed by atoms with Gasteiger partial charge in [-0.3, -0.25) is 0 Å². The van der Waals surface area contributed by atoms with Crippen LogP contribution in [0.1, 0.15) is 182 Å². The Bertz CT molecular complexity index is 630. The van der Waals surface area contributed by atoms with E-state index in [2.05, 4.69) is 27.7 Å². The Morgan fingerprint density at radius 1 is 0.422 bits per heavy atom. The molecule has 0 bridgehead atoms. The van der Waals surface area contributed by atoms with E-state index in [1.165, 1.54) is 64.2 Å². The van der Waals surface area contributed by atoms with E-state index in [9.17, 15) is 39.6 Å². The van der Waals surface area contributed by atoms with Crippen LogP contribution in [0.4, 0.5) is 0 Å². The molecule has 0 saturated carbocycles. The molecule has 0 aromatic heterocycles. The van der Waals surface area contributed by atoms with Gasteiger partial charge in [-0.2, -0.15) is 0 Å². The van der Waals surface area contributed by atoms with Crippen LogP contribution in [0.25, 0.3) is 0 Å². The number of carboxylic acids is 4. The van der Waals surface area contributed by atoms with Gasteiger partial charge in [0.2, 0.25) is 0 Å². The van der Waals surface area contributed by atoms with Crippen molar-refractivity contribution in [1.82, 2.24) is 0 Å². The predicted molar refractivity (Wildman–Crippen MR) is 176 cm³/mol. The summed E-state index contributed by atoms with van der Waals surface area (Å²) < 4.78 is 3.25. The van der Waals surface area contributed by atoms with Crippen LogP contribution in [-0.4, -0.2) is 45.0 Å². The monoisotopic (exact) mass is 746 g/mol. The van der Waals surface area contributed by atoms with Crippen molar-refractivity contribution < 1.29 is 39.6 Å². The van der Waals surface area contributed by atoms with Gasteiger partial charge in [-0.15, -0.1) is 0 Å². The SMILES string of the molecule is CCCCCCCCC(CCCC(=O)[O-])C(=O)[O-].CCCCCCCCC(CCCC(=O)[O-])C(=O)[O-].CCC[CH2][Sn+4][CH2]CCC. The van der Waals surface area contributed by atoms with Crippen LogP contribution in [0.2, 0.25) is 8.87 Å². The zero-order chi connectivity index (χ0) is 34.6. The van der Waals surface area contributed by atoms with Crippen molar-refractivity contribution in [3.05, 3.63) is 0 Å². The normalized spacial score (nSPS) is 11.8. The van der Waals surface area contributed by atoms with Crippen molar-refractivity contribution in [1.29, 1.82) is 0 Å². The molecule has 2 unspecified atom stereocenters. The van der Waals surface area contributed by atoms with Crippen LogP contribution in [0.5, 0.6) is 0 Å². The molecule has 8 nitrogen and oxygen atoms in total. The minimum atomic E-state index is -1.12. The van der Waals surface area contributed by atoms with Crippen molar-refractivity contribution >= 4 is 45.0 Å². The number of carbonyl (C=O) groups is 4. The molecule has 45 heavy (non-hydrogen) atoms. The molecule has 0 rings (SSSR count). The fourth-order valence-corrected chi connectivity index (χ4v) is 8.98. The standard InChI is InChI=1S/2C14H26O4.2C4H9.Sn/c2*1-2-3-4-5-6-7-9-12(14(17)18)10-8-11-13(15)16;2*1-3-4-2;/h2*12H,2-11H2,1H3,(H,15,16)(H,17,18);2*1,3-4H2,2H3;/q;;;;+4/p-4. The zero-order valence-electron chi connectivity index (χ0n) is 29.3. The van der Waals surface area contributed by atoms with Crippen LogP contribution in [0, 0.1) is 11.8 Å². The summed E-state index contributed by atoms with van der Waals surface area (Å²) in [5.41, 5.74) is 0. The van der Waals surface area contributed by atoms with Crippen LogP contribution >= 0.6 is 0 Å². The van der Waals surface area contributed by atoms with Gasteiger partial charge in [0, 0.05) is 23.9 Å².